The van der Waals surface area contributed by atoms with Crippen LogP contribution < -0.4 is 5.32 Å². The predicted molar refractivity (Wildman–Crippen MR) is 100 cm³/mol. The fourth-order valence-corrected chi connectivity index (χ4v) is 3.71. The molecule has 0 spiro atoms. The standard InChI is InChI=1S/C15H22BrClN2.2ClH/c1-3-11(2)15(19-8-6-18-7-9-19)13-5-4-12(17)10-14(13)16;;/h4-5,10-11,15,18H,3,6-9H2,1-2H3;2*1H/t11?,15-;;/m0../s1. The zero-order valence-electron chi connectivity index (χ0n) is 12.4. The van der Waals surface area contributed by atoms with Crippen molar-refractivity contribution in [1.82, 2.24) is 10.2 Å². The lowest BCUT2D eigenvalue weighted by Crippen LogP contribution is -2.46. The molecule has 1 aromatic carbocycles. The second-order valence-corrected chi connectivity index (χ2v) is 6.57. The van der Waals surface area contributed by atoms with Gasteiger partial charge in [0, 0.05) is 41.7 Å². The van der Waals surface area contributed by atoms with E-state index in [4.69, 9.17) is 11.6 Å². The van der Waals surface area contributed by atoms with Crippen LogP contribution in [-0.2, 0) is 0 Å². The van der Waals surface area contributed by atoms with Crippen LogP contribution in [0.5, 0.6) is 0 Å². The van der Waals surface area contributed by atoms with Gasteiger partial charge in [-0.2, -0.15) is 0 Å². The first-order valence-corrected chi connectivity index (χ1v) is 8.20. The molecular weight excluding hydrogens is 394 g/mol. The number of hydrogen-bond acceptors (Lipinski definition) is 2. The molecule has 6 heteroatoms. The molecule has 1 saturated heterocycles. The topological polar surface area (TPSA) is 15.3 Å². The Kier molecular flexibility index (Phi) is 10.5. The number of nitrogens with zero attached hydrogens (tertiary/aromatic N) is 1. The van der Waals surface area contributed by atoms with Crippen molar-refractivity contribution < 1.29 is 0 Å². The van der Waals surface area contributed by atoms with Gasteiger partial charge in [-0.3, -0.25) is 4.90 Å². The molecule has 21 heavy (non-hydrogen) atoms. The number of hydrogen-bond donors (Lipinski definition) is 1. The molecule has 0 bridgehead atoms. The fraction of sp³-hybridized carbons (Fsp3) is 0.600. The monoisotopic (exact) mass is 416 g/mol. The molecule has 1 aliphatic heterocycles. The quantitative estimate of drug-likeness (QED) is 0.745. The highest BCUT2D eigenvalue weighted by molar-refractivity contribution is 9.10. The van der Waals surface area contributed by atoms with Crippen molar-refractivity contribution in [3.8, 4) is 0 Å². The van der Waals surface area contributed by atoms with E-state index in [1.165, 1.54) is 12.0 Å². The summed E-state index contributed by atoms with van der Waals surface area (Å²) in [5.41, 5.74) is 1.36. The lowest BCUT2D eigenvalue weighted by atomic mass is 9.90. The van der Waals surface area contributed by atoms with E-state index in [0.29, 0.717) is 12.0 Å². The molecule has 0 aliphatic carbocycles. The maximum absolute atomic E-state index is 6.07. The van der Waals surface area contributed by atoms with Crippen LogP contribution in [0.4, 0.5) is 0 Å². The van der Waals surface area contributed by atoms with Crippen LogP contribution in [-0.4, -0.2) is 31.1 Å². The highest BCUT2D eigenvalue weighted by Gasteiger charge is 2.27. The molecule has 1 aromatic rings. The molecule has 1 unspecified atom stereocenters. The molecule has 0 aromatic heterocycles. The van der Waals surface area contributed by atoms with E-state index in [1.54, 1.807) is 0 Å². The summed E-state index contributed by atoms with van der Waals surface area (Å²) >= 11 is 9.75. The highest BCUT2D eigenvalue weighted by atomic mass is 79.9. The van der Waals surface area contributed by atoms with Crippen molar-refractivity contribution in [3.05, 3.63) is 33.3 Å². The van der Waals surface area contributed by atoms with Crippen LogP contribution in [0, 0.1) is 5.92 Å². The van der Waals surface area contributed by atoms with E-state index in [2.05, 4.69) is 46.1 Å². The van der Waals surface area contributed by atoms with Gasteiger partial charge in [-0.1, -0.05) is 53.9 Å². The first-order chi connectivity index (χ1) is 9.13. The summed E-state index contributed by atoms with van der Waals surface area (Å²) in [4.78, 5) is 2.60. The summed E-state index contributed by atoms with van der Waals surface area (Å²) < 4.78 is 1.13. The van der Waals surface area contributed by atoms with Gasteiger partial charge in [0.2, 0.25) is 0 Å². The molecule has 0 saturated carbocycles. The Balaban J connectivity index is 0.00000200. The van der Waals surface area contributed by atoms with Gasteiger partial charge in [0.25, 0.3) is 0 Å². The first-order valence-electron chi connectivity index (χ1n) is 7.03. The lowest BCUT2D eigenvalue weighted by Gasteiger charge is -2.39. The second kappa shape index (κ2) is 10.3. The third kappa shape index (κ3) is 5.56. The van der Waals surface area contributed by atoms with Gasteiger partial charge >= 0.3 is 0 Å². The van der Waals surface area contributed by atoms with E-state index in [1.807, 2.05) is 12.1 Å². The number of benzene rings is 1. The average Bonchev–Trinajstić information content (AvgIpc) is 2.42. The minimum Gasteiger partial charge on any atom is -0.314 e. The molecule has 2 nitrogen and oxygen atoms in total. The van der Waals surface area contributed by atoms with Gasteiger partial charge in [0.1, 0.15) is 0 Å². The smallest absolute Gasteiger partial charge is 0.0417 e. The molecule has 2 rings (SSSR count). The Hall–Kier alpha value is 0.490. The maximum atomic E-state index is 6.07. The van der Waals surface area contributed by atoms with Crippen LogP contribution in [0.2, 0.25) is 5.02 Å². The summed E-state index contributed by atoms with van der Waals surface area (Å²) in [5.74, 6) is 0.635. The summed E-state index contributed by atoms with van der Waals surface area (Å²) in [6.07, 6.45) is 1.18. The average molecular weight is 419 g/mol. The Morgan fingerprint density at radius 1 is 1.29 bits per heavy atom. The summed E-state index contributed by atoms with van der Waals surface area (Å²) in [7, 11) is 0. The van der Waals surface area contributed by atoms with Gasteiger partial charge < -0.3 is 5.32 Å². The number of nitrogens with one attached hydrogen (secondary N) is 1. The van der Waals surface area contributed by atoms with Crippen LogP contribution in [0.1, 0.15) is 31.9 Å². The van der Waals surface area contributed by atoms with Gasteiger partial charge in [0.05, 0.1) is 0 Å². The minimum atomic E-state index is 0. The highest BCUT2D eigenvalue weighted by Crippen LogP contribution is 2.36. The third-order valence-electron chi connectivity index (χ3n) is 4.01. The molecule has 0 amide bonds. The van der Waals surface area contributed by atoms with E-state index < -0.39 is 0 Å². The molecule has 1 fully saturated rings. The summed E-state index contributed by atoms with van der Waals surface area (Å²) in [5, 5.41) is 4.22. The number of halogens is 4. The molecule has 2 atom stereocenters. The molecule has 1 aliphatic rings. The minimum absolute atomic E-state index is 0. The van der Waals surface area contributed by atoms with Crippen LogP contribution >= 0.6 is 52.3 Å². The third-order valence-corrected chi connectivity index (χ3v) is 4.93. The molecular formula is C15H24BrCl3N2. The number of piperazine rings is 1. The van der Waals surface area contributed by atoms with Gasteiger partial charge in [-0.25, -0.2) is 0 Å². The SMILES string of the molecule is CCC(C)[C@@H](c1ccc(Cl)cc1Br)N1CCNCC1.Cl.Cl. The Morgan fingerprint density at radius 3 is 2.43 bits per heavy atom. The lowest BCUT2D eigenvalue weighted by molar-refractivity contribution is 0.128. The van der Waals surface area contributed by atoms with Gasteiger partial charge in [-0.05, 0) is 23.6 Å². The second-order valence-electron chi connectivity index (χ2n) is 5.28. The van der Waals surface area contributed by atoms with E-state index in [0.717, 1.165) is 35.7 Å². The maximum Gasteiger partial charge on any atom is 0.0417 e. The van der Waals surface area contributed by atoms with Crippen molar-refractivity contribution in [1.29, 1.82) is 0 Å². The number of rotatable bonds is 4. The van der Waals surface area contributed by atoms with Crippen molar-refractivity contribution in [2.45, 2.75) is 26.3 Å². The molecule has 1 N–H and O–H groups in total. The van der Waals surface area contributed by atoms with Crippen LogP contribution in [0.15, 0.2) is 22.7 Å². The van der Waals surface area contributed by atoms with Crippen molar-refractivity contribution in [3.63, 3.8) is 0 Å². The van der Waals surface area contributed by atoms with Crippen molar-refractivity contribution in [2.24, 2.45) is 5.92 Å². The Morgan fingerprint density at radius 2 is 1.90 bits per heavy atom. The zero-order valence-corrected chi connectivity index (χ0v) is 16.4. The largest absolute Gasteiger partial charge is 0.314 e. The Bertz CT molecular complexity index is 425. The van der Waals surface area contributed by atoms with Crippen molar-refractivity contribution >= 4 is 52.3 Å². The zero-order chi connectivity index (χ0) is 13.8. The van der Waals surface area contributed by atoms with Gasteiger partial charge in [-0.15, -0.1) is 24.8 Å². The first kappa shape index (κ1) is 21.5. The van der Waals surface area contributed by atoms with E-state index in [9.17, 15) is 0 Å². The van der Waals surface area contributed by atoms with E-state index in [-0.39, 0.29) is 24.8 Å². The molecule has 1 heterocycles. The molecule has 0 radical (unpaired) electrons. The fourth-order valence-electron chi connectivity index (χ4n) is 2.79. The predicted octanol–water partition coefficient (Wildman–Crippen LogP) is 4.94. The van der Waals surface area contributed by atoms with E-state index >= 15 is 0 Å². The Labute approximate surface area is 153 Å². The van der Waals surface area contributed by atoms with Crippen LogP contribution in [0.25, 0.3) is 0 Å². The summed E-state index contributed by atoms with van der Waals surface area (Å²) in [6, 6.07) is 6.65. The van der Waals surface area contributed by atoms with Gasteiger partial charge in [0.15, 0.2) is 0 Å². The molecule has 122 valence electrons. The normalized spacial score (nSPS) is 18.3. The summed E-state index contributed by atoms with van der Waals surface area (Å²) in [6.45, 7) is 9.00. The van der Waals surface area contributed by atoms with Crippen LogP contribution in [0.3, 0.4) is 0 Å². The van der Waals surface area contributed by atoms with Crippen molar-refractivity contribution in [2.75, 3.05) is 26.2 Å².